The van der Waals surface area contributed by atoms with Crippen molar-refractivity contribution in [2.75, 3.05) is 6.61 Å². The molecule has 29 heavy (non-hydrogen) atoms. The second kappa shape index (κ2) is 7.32. The molecule has 0 aromatic carbocycles. The number of Topliss-reactive ketones (excluding diaryl/α,β-unsaturated/α-hetero) is 1. The van der Waals surface area contributed by atoms with E-state index in [1.54, 1.807) is 0 Å². The molecule has 3 saturated carbocycles. The highest BCUT2D eigenvalue weighted by Gasteiger charge is 2.64. The van der Waals surface area contributed by atoms with Gasteiger partial charge >= 0.3 is 0 Å². The molecule has 4 rings (SSSR count). The summed E-state index contributed by atoms with van der Waals surface area (Å²) in [6.45, 7) is 8.88. The number of carbonyl (C=O) groups is 1. The van der Waals surface area contributed by atoms with Crippen LogP contribution >= 0.6 is 0 Å². The quantitative estimate of drug-likeness (QED) is 0.606. The number of aliphatic hydroxyl groups is 3. The minimum absolute atomic E-state index is 0.128. The number of ketones is 1. The Morgan fingerprint density at radius 1 is 1.21 bits per heavy atom. The van der Waals surface area contributed by atoms with Gasteiger partial charge in [0.1, 0.15) is 5.78 Å². The van der Waals surface area contributed by atoms with Gasteiger partial charge in [0.2, 0.25) is 0 Å². The van der Waals surface area contributed by atoms with Crippen LogP contribution in [0, 0.1) is 23.2 Å². The van der Waals surface area contributed by atoms with E-state index in [4.69, 9.17) is 0 Å². The van der Waals surface area contributed by atoms with Crippen molar-refractivity contribution in [1.29, 1.82) is 0 Å². The van der Waals surface area contributed by atoms with Gasteiger partial charge in [0, 0.05) is 24.9 Å². The number of hydrogen-bond acceptors (Lipinski definition) is 4. The van der Waals surface area contributed by atoms with Gasteiger partial charge in [-0.2, -0.15) is 0 Å². The van der Waals surface area contributed by atoms with Crippen molar-refractivity contribution in [3.63, 3.8) is 0 Å². The highest BCUT2D eigenvalue weighted by Crippen LogP contribution is 2.67. The number of aliphatic hydroxyl groups excluding tert-OH is 1. The first-order valence-corrected chi connectivity index (χ1v) is 11.7. The zero-order valence-electron chi connectivity index (χ0n) is 18.2. The Morgan fingerprint density at radius 2 is 1.97 bits per heavy atom. The summed E-state index contributed by atoms with van der Waals surface area (Å²) in [6.07, 6.45) is 8.14. The predicted octanol–water partition coefficient (Wildman–Crippen LogP) is 4.08. The van der Waals surface area contributed by atoms with Gasteiger partial charge < -0.3 is 15.3 Å². The zero-order chi connectivity index (χ0) is 21.0. The van der Waals surface area contributed by atoms with Gasteiger partial charge in [-0.3, -0.25) is 4.79 Å². The van der Waals surface area contributed by atoms with Crippen molar-refractivity contribution in [3.05, 3.63) is 23.3 Å². The number of rotatable bonds is 5. The fraction of sp³-hybridized carbons (Fsp3) is 0.800. The van der Waals surface area contributed by atoms with Crippen molar-refractivity contribution >= 4 is 5.78 Å². The van der Waals surface area contributed by atoms with Gasteiger partial charge in [0.05, 0.1) is 11.2 Å². The highest BCUT2D eigenvalue weighted by molar-refractivity contribution is 5.82. The summed E-state index contributed by atoms with van der Waals surface area (Å²) in [6, 6.07) is 0. The number of allylic oxidation sites excluding steroid dienone is 1. The lowest BCUT2D eigenvalue weighted by atomic mass is 9.49. The highest BCUT2D eigenvalue weighted by atomic mass is 16.3. The van der Waals surface area contributed by atoms with Gasteiger partial charge in [0.15, 0.2) is 0 Å². The Morgan fingerprint density at radius 3 is 2.66 bits per heavy atom. The third-order valence-corrected chi connectivity index (χ3v) is 9.21. The van der Waals surface area contributed by atoms with E-state index in [1.165, 1.54) is 11.1 Å². The molecule has 0 heterocycles. The lowest BCUT2D eigenvalue weighted by molar-refractivity contribution is -0.126. The summed E-state index contributed by atoms with van der Waals surface area (Å²) in [5.41, 5.74) is 1.51. The molecule has 162 valence electrons. The van der Waals surface area contributed by atoms with Gasteiger partial charge in [-0.25, -0.2) is 0 Å². The number of fused-ring (bicyclic) bond motifs is 4. The van der Waals surface area contributed by atoms with Crippen LogP contribution in [0.15, 0.2) is 23.3 Å². The largest absolute Gasteiger partial charge is 0.396 e. The van der Waals surface area contributed by atoms with Crippen LogP contribution in [-0.2, 0) is 4.79 Å². The van der Waals surface area contributed by atoms with Crippen molar-refractivity contribution in [2.45, 2.75) is 95.7 Å². The van der Waals surface area contributed by atoms with E-state index in [1.807, 2.05) is 0 Å². The molecule has 3 N–H and O–H groups in total. The topological polar surface area (TPSA) is 77.8 Å². The second-order valence-corrected chi connectivity index (χ2v) is 10.5. The van der Waals surface area contributed by atoms with Gasteiger partial charge in [-0.1, -0.05) is 26.0 Å². The zero-order valence-corrected chi connectivity index (χ0v) is 18.2. The second-order valence-electron chi connectivity index (χ2n) is 10.5. The molecule has 0 spiro atoms. The van der Waals surface area contributed by atoms with E-state index in [9.17, 15) is 20.1 Å². The van der Waals surface area contributed by atoms with Crippen LogP contribution in [0.4, 0.5) is 0 Å². The Labute approximate surface area is 175 Å². The normalized spacial score (nSPS) is 44.3. The van der Waals surface area contributed by atoms with E-state index < -0.39 is 11.2 Å². The molecule has 4 nitrogen and oxygen atoms in total. The molecule has 4 heteroatoms. The maximum Gasteiger partial charge on any atom is 0.136 e. The smallest absolute Gasteiger partial charge is 0.136 e. The predicted molar refractivity (Wildman–Crippen MR) is 113 cm³/mol. The van der Waals surface area contributed by atoms with Crippen LogP contribution in [0.1, 0.15) is 84.5 Å². The molecule has 0 unspecified atom stereocenters. The van der Waals surface area contributed by atoms with Crippen molar-refractivity contribution in [1.82, 2.24) is 0 Å². The Balaban J connectivity index is 1.73. The summed E-state index contributed by atoms with van der Waals surface area (Å²) < 4.78 is 0. The summed E-state index contributed by atoms with van der Waals surface area (Å²) in [7, 11) is 0. The summed E-state index contributed by atoms with van der Waals surface area (Å²) in [5.74, 6) is 1.35. The standard InChI is InChI=1S/C25H38O4/c1-4-17-14-23(3)20(10-12-25(23,29)16(2)6-5-13-26)19-9-11-24(28)15-18(27)7-8-21(24)22(17)19/h17,19-20,26,28-29H,2,4-15H2,1,3H3/t17-,19-,20-,23-,24+,25+/m0/s1. The molecule has 0 radical (unpaired) electrons. The fourth-order valence-corrected chi connectivity index (χ4v) is 7.72. The maximum atomic E-state index is 12.1. The molecular formula is C25H38O4. The third-order valence-electron chi connectivity index (χ3n) is 9.21. The third kappa shape index (κ3) is 3.01. The monoisotopic (exact) mass is 402 g/mol. The van der Waals surface area contributed by atoms with Crippen LogP contribution in [0.5, 0.6) is 0 Å². The molecule has 4 aliphatic carbocycles. The first-order chi connectivity index (χ1) is 13.7. The van der Waals surface area contributed by atoms with Crippen LogP contribution in [0.2, 0.25) is 0 Å². The van der Waals surface area contributed by atoms with Crippen LogP contribution < -0.4 is 0 Å². The lowest BCUT2D eigenvalue weighted by Crippen LogP contribution is -2.54. The average molecular weight is 403 g/mol. The molecule has 0 aromatic heterocycles. The molecule has 4 aliphatic rings. The maximum absolute atomic E-state index is 12.1. The molecule has 6 atom stereocenters. The molecule has 3 fully saturated rings. The summed E-state index contributed by atoms with van der Waals surface area (Å²) >= 11 is 0. The first kappa shape index (κ1) is 21.3. The Bertz CT molecular complexity index is 739. The Hall–Kier alpha value is -0.970. The Kier molecular flexibility index (Phi) is 5.37. The fourth-order valence-electron chi connectivity index (χ4n) is 7.72. The van der Waals surface area contributed by atoms with E-state index in [0.717, 1.165) is 37.7 Å². The number of hydrogen-bond donors (Lipinski definition) is 3. The van der Waals surface area contributed by atoms with Crippen LogP contribution in [0.25, 0.3) is 0 Å². The molecule has 0 aromatic rings. The van der Waals surface area contributed by atoms with Gasteiger partial charge in [-0.05, 0) is 86.7 Å². The summed E-state index contributed by atoms with van der Waals surface area (Å²) in [4.78, 5) is 12.1. The van der Waals surface area contributed by atoms with Crippen LogP contribution in [-0.4, -0.2) is 38.9 Å². The van der Waals surface area contributed by atoms with Crippen molar-refractivity contribution in [2.24, 2.45) is 23.2 Å². The van der Waals surface area contributed by atoms with Crippen molar-refractivity contribution in [3.8, 4) is 0 Å². The lowest BCUT2D eigenvalue weighted by Gasteiger charge is -2.57. The number of carbonyl (C=O) groups excluding carboxylic acids is 1. The van der Waals surface area contributed by atoms with E-state index in [2.05, 4.69) is 20.4 Å². The minimum Gasteiger partial charge on any atom is -0.396 e. The molecule has 0 amide bonds. The average Bonchev–Trinajstić information content (AvgIpc) is 2.96. The molecule has 0 saturated heterocycles. The molecule has 0 aliphatic heterocycles. The SMILES string of the molecule is C=C(CCCO)[C@]1(O)CC[C@H]2[C@@H]3CC[C@@]4(O)CC(=O)CCC4=C3[C@@H](CC)C[C@@]21C. The van der Waals surface area contributed by atoms with E-state index >= 15 is 0 Å². The van der Waals surface area contributed by atoms with E-state index in [-0.39, 0.29) is 17.8 Å². The van der Waals surface area contributed by atoms with E-state index in [0.29, 0.717) is 56.3 Å². The van der Waals surface area contributed by atoms with Gasteiger partial charge in [-0.15, -0.1) is 0 Å². The summed E-state index contributed by atoms with van der Waals surface area (Å²) in [5, 5.41) is 32.5. The minimum atomic E-state index is -0.915. The molecule has 0 bridgehead atoms. The van der Waals surface area contributed by atoms with Crippen LogP contribution in [0.3, 0.4) is 0 Å². The van der Waals surface area contributed by atoms with Gasteiger partial charge in [0.25, 0.3) is 0 Å². The van der Waals surface area contributed by atoms with Crippen molar-refractivity contribution < 1.29 is 20.1 Å². The molecular weight excluding hydrogens is 364 g/mol. The first-order valence-electron chi connectivity index (χ1n) is 11.7.